The van der Waals surface area contributed by atoms with Crippen molar-refractivity contribution in [3.05, 3.63) is 32.7 Å². The highest BCUT2D eigenvalue weighted by Crippen LogP contribution is 2.26. The molecule has 2 heterocycles. The number of hydrogen-bond donors (Lipinski definition) is 3. The number of aromatic nitrogens is 2. The predicted octanol–water partition coefficient (Wildman–Crippen LogP) is 1.80. The normalized spacial score (nSPS) is 19.7. The molecule has 100 valence electrons. The van der Waals surface area contributed by atoms with Gasteiger partial charge in [-0.15, -0.1) is 0 Å². The minimum absolute atomic E-state index is 0.0214. The average molecular weight is 324 g/mol. The number of benzene rings is 1. The minimum Gasteiger partial charge on any atom is -0.316 e. The van der Waals surface area contributed by atoms with Gasteiger partial charge in [0.15, 0.2) is 5.78 Å². The molecule has 1 aromatic heterocycles. The quantitative estimate of drug-likeness (QED) is 0.737. The van der Waals surface area contributed by atoms with E-state index in [-0.39, 0.29) is 17.4 Å². The number of hydrogen-bond acceptors (Lipinski definition) is 3. The molecule has 5 nitrogen and oxygen atoms in total. The van der Waals surface area contributed by atoms with E-state index in [1.807, 2.05) is 0 Å². The Balaban J connectivity index is 2.01. The van der Waals surface area contributed by atoms with Gasteiger partial charge in [-0.3, -0.25) is 4.79 Å². The molecule has 3 N–H and O–H groups in total. The monoisotopic (exact) mass is 323 g/mol. The van der Waals surface area contributed by atoms with E-state index >= 15 is 0 Å². The lowest BCUT2D eigenvalue weighted by atomic mass is 9.91. The molecule has 0 amide bonds. The van der Waals surface area contributed by atoms with Crippen molar-refractivity contribution in [2.75, 3.05) is 13.1 Å². The highest BCUT2D eigenvalue weighted by Gasteiger charge is 2.24. The lowest BCUT2D eigenvalue weighted by Crippen LogP contribution is -2.34. The fraction of sp³-hybridized carbons (Fsp3) is 0.385. The molecular formula is C13H14BrN3O2. The SMILES string of the molecule is O=C(c1cc2[nH]c(=O)[nH]c2cc1Br)C1CCCNC1. The van der Waals surface area contributed by atoms with Gasteiger partial charge >= 0.3 is 5.69 Å². The fourth-order valence-electron chi connectivity index (χ4n) is 2.54. The number of piperidine rings is 1. The van der Waals surface area contributed by atoms with Crippen LogP contribution >= 0.6 is 15.9 Å². The number of ketones is 1. The summed E-state index contributed by atoms with van der Waals surface area (Å²) in [6.45, 7) is 1.71. The van der Waals surface area contributed by atoms with Gasteiger partial charge in [0, 0.05) is 22.5 Å². The Labute approximate surface area is 117 Å². The molecule has 1 unspecified atom stereocenters. The number of carbonyl (C=O) groups is 1. The predicted molar refractivity (Wildman–Crippen MR) is 76.5 cm³/mol. The van der Waals surface area contributed by atoms with E-state index in [1.54, 1.807) is 12.1 Å². The summed E-state index contributed by atoms with van der Waals surface area (Å²) in [5.74, 6) is 0.149. The van der Waals surface area contributed by atoms with Crippen LogP contribution in [-0.4, -0.2) is 28.8 Å². The van der Waals surface area contributed by atoms with Gasteiger partial charge in [0.05, 0.1) is 11.0 Å². The van der Waals surface area contributed by atoms with Crippen molar-refractivity contribution in [1.82, 2.24) is 15.3 Å². The Morgan fingerprint density at radius 1 is 1.26 bits per heavy atom. The van der Waals surface area contributed by atoms with E-state index in [4.69, 9.17) is 0 Å². The number of H-pyrrole nitrogens is 2. The average Bonchev–Trinajstić information content (AvgIpc) is 2.77. The third-order valence-electron chi connectivity index (χ3n) is 3.54. The van der Waals surface area contributed by atoms with E-state index in [0.717, 1.165) is 30.4 Å². The van der Waals surface area contributed by atoms with Gasteiger partial charge in [-0.1, -0.05) is 0 Å². The maximum Gasteiger partial charge on any atom is 0.323 e. The van der Waals surface area contributed by atoms with Crippen molar-refractivity contribution >= 4 is 32.7 Å². The van der Waals surface area contributed by atoms with Crippen LogP contribution in [0, 0.1) is 5.92 Å². The lowest BCUT2D eigenvalue weighted by molar-refractivity contribution is 0.0899. The first-order valence-electron chi connectivity index (χ1n) is 6.31. The van der Waals surface area contributed by atoms with Crippen molar-refractivity contribution in [3.8, 4) is 0 Å². The molecule has 2 aromatic rings. The number of carbonyl (C=O) groups excluding carboxylic acids is 1. The number of Topliss-reactive ketones (excluding diaryl/α,β-unsaturated/α-hetero) is 1. The molecule has 1 atom stereocenters. The second kappa shape index (κ2) is 4.94. The molecule has 0 saturated carbocycles. The second-order valence-electron chi connectivity index (χ2n) is 4.86. The molecule has 3 rings (SSSR count). The van der Waals surface area contributed by atoms with E-state index < -0.39 is 0 Å². The minimum atomic E-state index is -0.258. The molecule has 6 heteroatoms. The highest BCUT2D eigenvalue weighted by atomic mass is 79.9. The number of nitrogens with one attached hydrogen (secondary N) is 3. The van der Waals surface area contributed by atoms with Crippen molar-refractivity contribution in [2.45, 2.75) is 12.8 Å². The Kier molecular flexibility index (Phi) is 3.28. The van der Waals surface area contributed by atoms with Crippen LogP contribution in [0.15, 0.2) is 21.4 Å². The zero-order valence-electron chi connectivity index (χ0n) is 10.3. The van der Waals surface area contributed by atoms with Gasteiger partial charge < -0.3 is 15.3 Å². The van der Waals surface area contributed by atoms with E-state index in [2.05, 4.69) is 31.2 Å². The van der Waals surface area contributed by atoms with Gasteiger partial charge in [-0.2, -0.15) is 0 Å². The Morgan fingerprint density at radius 3 is 2.68 bits per heavy atom. The zero-order chi connectivity index (χ0) is 13.4. The van der Waals surface area contributed by atoms with E-state index in [1.165, 1.54) is 0 Å². The smallest absolute Gasteiger partial charge is 0.316 e. The van der Waals surface area contributed by atoms with Crippen LogP contribution in [0.1, 0.15) is 23.2 Å². The summed E-state index contributed by atoms with van der Waals surface area (Å²) < 4.78 is 0.728. The highest BCUT2D eigenvalue weighted by molar-refractivity contribution is 9.10. The van der Waals surface area contributed by atoms with Crippen LogP contribution in [0.4, 0.5) is 0 Å². The summed E-state index contributed by atoms with van der Waals surface area (Å²) in [4.78, 5) is 29.1. The molecule has 1 aromatic carbocycles. The molecule has 0 bridgehead atoms. The van der Waals surface area contributed by atoms with Crippen molar-refractivity contribution < 1.29 is 4.79 Å². The lowest BCUT2D eigenvalue weighted by Gasteiger charge is -2.21. The van der Waals surface area contributed by atoms with Crippen molar-refractivity contribution in [3.63, 3.8) is 0 Å². The fourth-order valence-corrected chi connectivity index (χ4v) is 3.08. The summed E-state index contributed by atoms with van der Waals surface area (Å²) in [6.07, 6.45) is 1.94. The van der Waals surface area contributed by atoms with Crippen LogP contribution in [0.5, 0.6) is 0 Å². The molecule has 1 aliphatic heterocycles. The summed E-state index contributed by atoms with van der Waals surface area (Å²) in [6, 6.07) is 3.52. The van der Waals surface area contributed by atoms with E-state index in [0.29, 0.717) is 16.6 Å². The summed E-state index contributed by atoms with van der Waals surface area (Å²) in [7, 11) is 0. The maximum atomic E-state index is 12.5. The van der Waals surface area contributed by atoms with Crippen LogP contribution in [0.2, 0.25) is 0 Å². The third-order valence-corrected chi connectivity index (χ3v) is 4.19. The molecule has 1 fully saturated rings. The molecule has 19 heavy (non-hydrogen) atoms. The number of aromatic amines is 2. The Bertz CT molecular complexity index is 683. The Hall–Kier alpha value is -1.40. The second-order valence-corrected chi connectivity index (χ2v) is 5.72. The summed E-state index contributed by atoms with van der Waals surface area (Å²) >= 11 is 3.42. The number of halogens is 1. The first-order valence-corrected chi connectivity index (χ1v) is 7.11. The van der Waals surface area contributed by atoms with Gasteiger partial charge in [0.25, 0.3) is 0 Å². The maximum absolute atomic E-state index is 12.5. The molecular weight excluding hydrogens is 310 g/mol. The first-order chi connectivity index (χ1) is 9.15. The molecule has 0 radical (unpaired) electrons. The van der Waals surface area contributed by atoms with Gasteiger partial charge in [-0.05, 0) is 47.4 Å². The van der Waals surface area contributed by atoms with Gasteiger partial charge in [0.1, 0.15) is 0 Å². The van der Waals surface area contributed by atoms with Crippen LogP contribution in [0.25, 0.3) is 11.0 Å². The number of rotatable bonds is 2. The topological polar surface area (TPSA) is 77.8 Å². The van der Waals surface area contributed by atoms with Gasteiger partial charge in [-0.25, -0.2) is 4.79 Å². The Morgan fingerprint density at radius 2 is 2.00 bits per heavy atom. The van der Waals surface area contributed by atoms with Crippen LogP contribution < -0.4 is 11.0 Å². The van der Waals surface area contributed by atoms with Crippen LogP contribution in [-0.2, 0) is 0 Å². The molecule has 0 aliphatic carbocycles. The molecule has 1 saturated heterocycles. The first kappa shape index (κ1) is 12.6. The van der Waals surface area contributed by atoms with Crippen molar-refractivity contribution in [2.24, 2.45) is 5.92 Å². The van der Waals surface area contributed by atoms with E-state index in [9.17, 15) is 9.59 Å². The third kappa shape index (κ3) is 2.37. The molecule has 1 aliphatic rings. The van der Waals surface area contributed by atoms with Gasteiger partial charge in [0.2, 0.25) is 0 Å². The number of imidazole rings is 1. The standard InChI is InChI=1S/C13H14BrN3O2/c14-9-5-11-10(16-13(19)17-11)4-8(9)12(18)7-2-1-3-15-6-7/h4-5,7,15H,1-3,6H2,(H2,16,17,19). The summed E-state index contributed by atoms with van der Waals surface area (Å²) in [5.41, 5.74) is 1.75. The molecule has 0 spiro atoms. The number of fused-ring (bicyclic) bond motifs is 1. The zero-order valence-corrected chi connectivity index (χ0v) is 11.8. The largest absolute Gasteiger partial charge is 0.323 e. The summed E-state index contributed by atoms with van der Waals surface area (Å²) in [5, 5.41) is 3.25. The van der Waals surface area contributed by atoms with Crippen LogP contribution in [0.3, 0.4) is 0 Å². The van der Waals surface area contributed by atoms with Crippen molar-refractivity contribution in [1.29, 1.82) is 0 Å².